The maximum atomic E-state index is 13.3. The molecule has 7 nitrogen and oxygen atoms in total. The molecule has 0 amide bonds. The Morgan fingerprint density at radius 2 is 1.94 bits per heavy atom. The molecule has 36 heavy (non-hydrogen) atoms. The first kappa shape index (κ1) is 26.3. The fourth-order valence-corrected chi connectivity index (χ4v) is 4.68. The van der Waals surface area contributed by atoms with Gasteiger partial charge >= 0.3 is 6.61 Å². The summed E-state index contributed by atoms with van der Waals surface area (Å²) in [6, 6.07) is 7.80. The lowest BCUT2D eigenvalue weighted by Gasteiger charge is -2.15. The van der Waals surface area contributed by atoms with Crippen molar-refractivity contribution in [2.24, 2.45) is 0 Å². The summed E-state index contributed by atoms with van der Waals surface area (Å²) in [5.74, 6) is 0.297. The molecule has 0 atom stereocenters. The van der Waals surface area contributed by atoms with E-state index in [0.717, 1.165) is 48.5 Å². The molecule has 3 aromatic rings. The van der Waals surface area contributed by atoms with Gasteiger partial charge in [0, 0.05) is 32.5 Å². The molecule has 0 radical (unpaired) electrons. The summed E-state index contributed by atoms with van der Waals surface area (Å²) < 4.78 is 45.6. The highest BCUT2D eigenvalue weighted by atomic mass is 28.3. The minimum atomic E-state index is -2.94. The summed E-state index contributed by atoms with van der Waals surface area (Å²) in [4.78, 5) is 13.3. The van der Waals surface area contributed by atoms with E-state index >= 15 is 0 Å². The Hall–Kier alpha value is -2.72. The third-order valence-electron chi connectivity index (χ3n) is 6.14. The van der Waals surface area contributed by atoms with Crippen LogP contribution in [0.25, 0.3) is 22.2 Å². The monoisotopic (exact) mass is 519 g/mol. The van der Waals surface area contributed by atoms with Crippen LogP contribution in [0.15, 0.2) is 35.3 Å². The minimum absolute atomic E-state index is 0.0105. The fraction of sp³-hybridized carbons (Fsp3) is 0.538. The van der Waals surface area contributed by atoms with Gasteiger partial charge in [0.2, 0.25) is 0 Å². The van der Waals surface area contributed by atoms with E-state index in [-0.39, 0.29) is 29.9 Å². The topological polar surface area (TPSA) is 67.5 Å². The highest BCUT2D eigenvalue weighted by molar-refractivity contribution is 6.76. The molecule has 10 heteroatoms. The Balaban J connectivity index is 1.69. The molecule has 1 aliphatic carbocycles. The molecule has 0 N–H and O–H groups in total. The van der Waals surface area contributed by atoms with Crippen LogP contribution in [0.4, 0.5) is 8.78 Å². The first-order valence-electron chi connectivity index (χ1n) is 12.6. The van der Waals surface area contributed by atoms with Crippen molar-refractivity contribution in [3.05, 3.63) is 40.8 Å². The lowest BCUT2D eigenvalue weighted by Crippen LogP contribution is -2.26. The SMILES string of the molecule is CCCCn1c(-c2ccc(OC(F)F)c(OC3CC3)c2)cc2c(=O)n(COCC[Si](C)(C)C)ncc21. The minimum Gasteiger partial charge on any atom is -0.487 e. The maximum Gasteiger partial charge on any atom is 0.387 e. The summed E-state index contributed by atoms with van der Waals surface area (Å²) in [5, 5.41) is 4.91. The van der Waals surface area contributed by atoms with Gasteiger partial charge in [0.05, 0.1) is 23.2 Å². The van der Waals surface area contributed by atoms with Crippen molar-refractivity contribution in [3.63, 3.8) is 0 Å². The Labute approximate surface area is 211 Å². The van der Waals surface area contributed by atoms with Gasteiger partial charge in [-0.1, -0.05) is 33.0 Å². The molecule has 1 aromatic carbocycles. The van der Waals surface area contributed by atoms with Crippen molar-refractivity contribution in [2.75, 3.05) is 6.61 Å². The van der Waals surface area contributed by atoms with Crippen molar-refractivity contribution in [3.8, 4) is 22.8 Å². The number of hydrogen-bond donors (Lipinski definition) is 0. The third-order valence-corrected chi connectivity index (χ3v) is 7.85. The zero-order chi connectivity index (χ0) is 25.9. The smallest absolute Gasteiger partial charge is 0.387 e. The molecular weight excluding hydrogens is 484 g/mol. The summed E-state index contributed by atoms with van der Waals surface area (Å²) >= 11 is 0. The van der Waals surface area contributed by atoms with E-state index in [0.29, 0.717) is 18.5 Å². The quantitative estimate of drug-likeness (QED) is 0.201. The van der Waals surface area contributed by atoms with Crippen molar-refractivity contribution >= 4 is 19.0 Å². The molecule has 1 saturated carbocycles. The van der Waals surface area contributed by atoms with Crippen molar-refractivity contribution in [2.45, 2.75) is 84.3 Å². The highest BCUT2D eigenvalue weighted by Crippen LogP contribution is 2.38. The van der Waals surface area contributed by atoms with E-state index in [1.54, 1.807) is 18.3 Å². The Morgan fingerprint density at radius 3 is 2.61 bits per heavy atom. The molecule has 0 spiro atoms. The summed E-state index contributed by atoms with van der Waals surface area (Å²) in [6.45, 7) is 7.40. The molecule has 2 aromatic heterocycles. The van der Waals surface area contributed by atoms with Crippen LogP contribution in [0.1, 0.15) is 32.6 Å². The van der Waals surface area contributed by atoms with Gasteiger partial charge in [-0.2, -0.15) is 13.9 Å². The zero-order valence-electron chi connectivity index (χ0n) is 21.4. The second-order valence-corrected chi connectivity index (χ2v) is 16.1. The van der Waals surface area contributed by atoms with Crippen molar-refractivity contribution < 1.29 is 23.0 Å². The molecule has 1 fully saturated rings. The predicted molar refractivity (Wildman–Crippen MR) is 139 cm³/mol. The molecule has 0 saturated heterocycles. The van der Waals surface area contributed by atoms with Gasteiger partial charge in [-0.3, -0.25) is 4.79 Å². The molecular formula is C26H35F2N3O4Si. The van der Waals surface area contributed by atoms with Crippen LogP contribution >= 0.6 is 0 Å². The number of halogens is 2. The zero-order valence-corrected chi connectivity index (χ0v) is 22.4. The van der Waals surface area contributed by atoms with Gasteiger partial charge in [0.15, 0.2) is 11.5 Å². The van der Waals surface area contributed by atoms with Gasteiger partial charge in [-0.25, -0.2) is 4.68 Å². The fourth-order valence-electron chi connectivity index (χ4n) is 3.93. The second kappa shape index (κ2) is 11.1. The average molecular weight is 520 g/mol. The molecule has 0 bridgehead atoms. The van der Waals surface area contributed by atoms with Crippen LogP contribution in [-0.2, 0) is 18.0 Å². The average Bonchev–Trinajstić information content (AvgIpc) is 3.55. The van der Waals surface area contributed by atoms with E-state index in [4.69, 9.17) is 9.47 Å². The Bertz CT molecular complexity index is 1250. The van der Waals surface area contributed by atoms with Gasteiger partial charge in [-0.15, -0.1) is 0 Å². The predicted octanol–water partition coefficient (Wildman–Crippen LogP) is 6.12. The Kier molecular flexibility index (Phi) is 8.14. The molecule has 0 aliphatic heterocycles. The van der Waals surface area contributed by atoms with Gasteiger partial charge < -0.3 is 18.8 Å². The normalized spacial score (nSPS) is 14.1. The van der Waals surface area contributed by atoms with Crippen molar-refractivity contribution in [1.29, 1.82) is 0 Å². The molecule has 2 heterocycles. The van der Waals surface area contributed by atoms with E-state index in [2.05, 4.69) is 41.0 Å². The number of fused-ring (bicyclic) bond motifs is 1. The highest BCUT2D eigenvalue weighted by Gasteiger charge is 2.26. The van der Waals surface area contributed by atoms with E-state index in [9.17, 15) is 13.6 Å². The largest absolute Gasteiger partial charge is 0.487 e. The number of unbranched alkanes of at least 4 members (excludes halogenated alkanes) is 1. The van der Waals surface area contributed by atoms with Gasteiger partial charge in [0.1, 0.15) is 6.73 Å². The number of ether oxygens (including phenoxy) is 3. The van der Waals surface area contributed by atoms with E-state index in [1.165, 1.54) is 10.7 Å². The van der Waals surface area contributed by atoms with Gasteiger partial charge in [-0.05, 0) is 49.6 Å². The van der Waals surface area contributed by atoms with E-state index in [1.807, 2.05) is 6.07 Å². The number of alkyl halides is 2. The lowest BCUT2D eigenvalue weighted by molar-refractivity contribution is -0.0516. The third kappa shape index (κ3) is 6.53. The first-order valence-corrected chi connectivity index (χ1v) is 16.3. The molecule has 0 unspecified atom stereocenters. The summed E-state index contributed by atoms with van der Waals surface area (Å²) in [7, 11) is -1.23. The van der Waals surface area contributed by atoms with Crippen LogP contribution in [0.3, 0.4) is 0 Å². The van der Waals surface area contributed by atoms with E-state index < -0.39 is 14.7 Å². The van der Waals surface area contributed by atoms with Crippen LogP contribution in [-0.4, -0.2) is 41.7 Å². The lowest BCUT2D eigenvalue weighted by atomic mass is 10.1. The van der Waals surface area contributed by atoms with Crippen LogP contribution in [0, 0.1) is 0 Å². The first-order chi connectivity index (χ1) is 17.2. The van der Waals surface area contributed by atoms with Crippen LogP contribution in [0.2, 0.25) is 25.7 Å². The maximum absolute atomic E-state index is 13.3. The summed E-state index contributed by atoms with van der Waals surface area (Å²) in [6.07, 6.45) is 5.39. The number of rotatable bonds is 13. The van der Waals surface area contributed by atoms with Crippen molar-refractivity contribution in [1.82, 2.24) is 14.3 Å². The number of nitrogens with zero attached hydrogens (tertiary/aromatic N) is 3. The second-order valence-electron chi connectivity index (χ2n) is 10.5. The molecule has 196 valence electrons. The standard InChI is InChI=1S/C26H35F2N3O4Si/c1-5-6-11-30-21(18-7-10-23(35-26(27)28)24(14-18)34-19-8-9-19)15-20-22(30)16-29-31(25(20)32)17-33-12-13-36(2,3)4/h7,10,14-16,19,26H,5-6,8-9,11-13,17H2,1-4H3. The van der Waals surface area contributed by atoms with Crippen LogP contribution in [0.5, 0.6) is 11.5 Å². The number of aryl methyl sites for hydroxylation is 1. The summed E-state index contributed by atoms with van der Waals surface area (Å²) in [5.41, 5.74) is 2.08. The van der Waals surface area contributed by atoms with Crippen LogP contribution < -0.4 is 15.0 Å². The number of hydrogen-bond acceptors (Lipinski definition) is 5. The molecule has 4 rings (SSSR count). The molecule has 1 aliphatic rings. The Morgan fingerprint density at radius 1 is 1.17 bits per heavy atom. The van der Waals surface area contributed by atoms with Gasteiger partial charge in [0.25, 0.3) is 5.56 Å². The number of benzene rings is 1. The number of aromatic nitrogens is 3.